The molecule has 1 atom stereocenters. The molecule has 0 aliphatic rings. The Hall–Kier alpha value is -0.330. The van der Waals surface area contributed by atoms with E-state index in [2.05, 4.69) is 34.4 Å². The second kappa shape index (κ2) is 7.31. The van der Waals surface area contributed by atoms with Gasteiger partial charge in [-0.15, -0.1) is 0 Å². The van der Waals surface area contributed by atoms with E-state index in [1.165, 1.54) is 0 Å². The van der Waals surface area contributed by atoms with Gasteiger partial charge in [0.25, 0.3) is 0 Å². The number of nitrogens with one attached hydrogen (secondary N) is 1. The van der Waals surface area contributed by atoms with Gasteiger partial charge in [-0.25, -0.2) is 4.39 Å². The second-order valence-electron chi connectivity index (χ2n) is 3.91. The number of thioether (sulfide) groups is 1. The van der Waals surface area contributed by atoms with Gasteiger partial charge in [0.15, 0.2) is 5.82 Å². The molecule has 1 aromatic rings. The molecule has 1 aromatic carbocycles. The lowest BCUT2D eigenvalue weighted by Gasteiger charge is -2.13. The minimum absolute atomic E-state index is 0.184. The molecule has 0 bridgehead atoms. The van der Waals surface area contributed by atoms with Crippen molar-refractivity contribution in [2.75, 3.05) is 18.1 Å². The van der Waals surface area contributed by atoms with Gasteiger partial charge in [0.05, 0.1) is 10.2 Å². The number of rotatable bonds is 6. The highest BCUT2D eigenvalue weighted by molar-refractivity contribution is 9.10. The molecule has 0 spiro atoms. The summed E-state index contributed by atoms with van der Waals surface area (Å²) >= 11 is 9.82. The summed E-state index contributed by atoms with van der Waals surface area (Å²) in [6, 6.07) is 3.38. The first-order valence-electron chi connectivity index (χ1n) is 5.51. The van der Waals surface area contributed by atoms with Crippen LogP contribution in [0.25, 0.3) is 0 Å². The third-order valence-corrected chi connectivity index (χ3v) is 4.65. The highest BCUT2D eigenvalue weighted by Crippen LogP contribution is 2.27. The zero-order valence-corrected chi connectivity index (χ0v) is 13.5. The molecule has 0 radical (unpaired) electrons. The van der Waals surface area contributed by atoms with Gasteiger partial charge in [0, 0.05) is 17.4 Å². The van der Waals surface area contributed by atoms with Gasteiger partial charge >= 0.3 is 0 Å². The fourth-order valence-corrected chi connectivity index (χ4v) is 2.62. The molecule has 0 aliphatic heterocycles. The van der Waals surface area contributed by atoms with E-state index < -0.39 is 0 Å². The zero-order valence-electron chi connectivity index (χ0n) is 10.3. The summed E-state index contributed by atoms with van der Waals surface area (Å²) in [6.45, 7) is 2.88. The normalized spacial score (nSPS) is 12.2. The third-order valence-electron chi connectivity index (χ3n) is 2.62. The minimum Gasteiger partial charge on any atom is -0.389 e. The number of benzene rings is 1. The number of halogens is 2. The molecule has 0 saturated heterocycles. The number of hydrogen-bond acceptors (Lipinski definition) is 3. The zero-order chi connectivity index (χ0) is 13.7. The molecular weight excluding hydrogens is 335 g/mol. The van der Waals surface area contributed by atoms with E-state index >= 15 is 0 Å². The number of anilines is 1. The van der Waals surface area contributed by atoms with E-state index in [0.717, 1.165) is 13.0 Å². The van der Waals surface area contributed by atoms with Gasteiger partial charge in [0.1, 0.15) is 4.99 Å². The highest BCUT2D eigenvalue weighted by atomic mass is 79.9. The molecule has 0 aliphatic carbocycles. The third kappa shape index (κ3) is 4.10. The lowest BCUT2D eigenvalue weighted by atomic mass is 10.2. The molecule has 2 nitrogen and oxygen atoms in total. The first kappa shape index (κ1) is 15.7. The van der Waals surface area contributed by atoms with E-state index in [-0.39, 0.29) is 10.8 Å². The van der Waals surface area contributed by atoms with Gasteiger partial charge in [0.2, 0.25) is 0 Å². The lowest BCUT2D eigenvalue weighted by Crippen LogP contribution is -2.13. The van der Waals surface area contributed by atoms with Crippen LogP contribution in [0.15, 0.2) is 16.6 Å². The first-order chi connectivity index (χ1) is 8.47. The van der Waals surface area contributed by atoms with Crippen LogP contribution in [-0.2, 0) is 0 Å². The van der Waals surface area contributed by atoms with Crippen LogP contribution in [0.3, 0.4) is 0 Å². The fourth-order valence-electron chi connectivity index (χ4n) is 1.40. The van der Waals surface area contributed by atoms with E-state index in [1.54, 1.807) is 23.9 Å². The lowest BCUT2D eigenvalue weighted by molar-refractivity contribution is 0.622. The Morgan fingerprint density at radius 2 is 2.28 bits per heavy atom. The van der Waals surface area contributed by atoms with Crippen molar-refractivity contribution < 1.29 is 4.39 Å². The van der Waals surface area contributed by atoms with E-state index in [0.29, 0.717) is 21.0 Å². The Kier molecular flexibility index (Phi) is 6.38. The Bertz CT molecular complexity index is 440. The minimum atomic E-state index is -0.350. The summed E-state index contributed by atoms with van der Waals surface area (Å²) in [7, 11) is 0. The van der Waals surface area contributed by atoms with Crippen LogP contribution in [0.2, 0.25) is 0 Å². The van der Waals surface area contributed by atoms with Crippen LogP contribution in [-0.4, -0.2) is 23.0 Å². The molecule has 100 valence electrons. The molecular formula is C12H16BrFN2S2. The van der Waals surface area contributed by atoms with Crippen molar-refractivity contribution in [1.82, 2.24) is 0 Å². The van der Waals surface area contributed by atoms with E-state index in [1.807, 2.05) is 0 Å². The average molecular weight is 351 g/mol. The van der Waals surface area contributed by atoms with Crippen molar-refractivity contribution in [2.45, 2.75) is 18.6 Å². The van der Waals surface area contributed by atoms with Crippen LogP contribution in [0.1, 0.15) is 18.9 Å². The highest BCUT2D eigenvalue weighted by Gasteiger charge is 2.12. The van der Waals surface area contributed by atoms with Crippen LogP contribution in [0.4, 0.5) is 10.1 Å². The van der Waals surface area contributed by atoms with Gasteiger partial charge in [-0.1, -0.05) is 19.1 Å². The Balaban J connectivity index is 2.74. The van der Waals surface area contributed by atoms with Crippen LogP contribution >= 0.6 is 39.9 Å². The Morgan fingerprint density at radius 1 is 1.61 bits per heavy atom. The summed E-state index contributed by atoms with van der Waals surface area (Å²) < 4.78 is 14.3. The van der Waals surface area contributed by atoms with Crippen molar-refractivity contribution in [3.05, 3.63) is 28.0 Å². The SMILES string of the molecule is CSC(C)CCNc1ccc(C(N)=S)c(Br)c1F. The van der Waals surface area contributed by atoms with Crippen molar-refractivity contribution in [2.24, 2.45) is 5.73 Å². The van der Waals surface area contributed by atoms with Gasteiger partial charge in [-0.2, -0.15) is 11.8 Å². The van der Waals surface area contributed by atoms with Crippen molar-refractivity contribution >= 4 is 50.6 Å². The molecule has 1 unspecified atom stereocenters. The van der Waals surface area contributed by atoms with Gasteiger partial charge in [-0.05, 0) is 40.7 Å². The van der Waals surface area contributed by atoms with Crippen LogP contribution in [0.5, 0.6) is 0 Å². The van der Waals surface area contributed by atoms with E-state index in [4.69, 9.17) is 18.0 Å². The average Bonchev–Trinajstić information content (AvgIpc) is 2.33. The standard InChI is InChI=1S/C12H16BrFN2S2/c1-7(18-2)5-6-16-9-4-3-8(12(15)17)10(13)11(9)14/h3-4,7,16H,5-6H2,1-2H3,(H2,15,17). The topological polar surface area (TPSA) is 38.0 Å². The summed E-state index contributed by atoms with van der Waals surface area (Å²) in [5.41, 5.74) is 6.49. The van der Waals surface area contributed by atoms with E-state index in [9.17, 15) is 4.39 Å². The maximum Gasteiger partial charge on any atom is 0.161 e. The molecule has 18 heavy (non-hydrogen) atoms. The Labute approximate surface area is 125 Å². The summed E-state index contributed by atoms with van der Waals surface area (Å²) in [5.74, 6) is -0.350. The summed E-state index contributed by atoms with van der Waals surface area (Å²) in [5, 5.41) is 3.64. The molecule has 0 fully saturated rings. The monoisotopic (exact) mass is 350 g/mol. The maximum atomic E-state index is 14.0. The maximum absolute atomic E-state index is 14.0. The molecule has 0 heterocycles. The molecule has 0 amide bonds. The number of nitrogens with two attached hydrogens (primary N) is 1. The fraction of sp³-hybridized carbons (Fsp3) is 0.417. The molecule has 0 aromatic heterocycles. The number of thiocarbonyl (C=S) groups is 1. The van der Waals surface area contributed by atoms with Crippen molar-refractivity contribution in [3.63, 3.8) is 0 Å². The van der Waals surface area contributed by atoms with Crippen molar-refractivity contribution in [1.29, 1.82) is 0 Å². The van der Waals surface area contributed by atoms with Crippen LogP contribution < -0.4 is 11.1 Å². The molecule has 3 N–H and O–H groups in total. The molecule has 0 saturated carbocycles. The number of hydrogen-bond donors (Lipinski definition) is 2. The summed E-state index contributed by atoms with van der Waals surface area (Å²) in [4.78, 5) is 0.184. The smallest absolute Gasteiger partial charge is 0.161 e. The van der Waals surface area contributed by atoms with Crippen LogP contribution in [0, 0.1) is 5.82 Å². The second-order valence-corrected chi connectivity index (χ2v) is 6.42. The Morgan fingerprint density at radius 3 is 2.83 bits per heavy atom. The molecule has 6 heteroatoms. The van der Waals surface area contributed by atoms with Crippen molar-refractivity contribution in [3.8, 4) is 0 Å². The quantitative estimate of drug-likeness (QED) is 0.765. The largest absolute Gasteiger partial charge is 0.389 e. The van der Waals surface area contributed by atoms with Gasteiger partial charge in [-0.3, -0.25) is 0 Å². The van der Waals surface area contributed by atoms with Gasteiger partial charge < -0.3 is 11.1 Å². The molecule has 1 rings (SSSR count). The first-order valence-corrected chi connectivity index (χ1v) is 8.00. The summed E-state index contributed by atoms with van der Waals surface area (Å²) in [6.07, 6.45) is 3.05. The predicted molar refractivity (Wildman–Crippen MR) is 86.1 cm³/mol. The predicted octanol–water partition coefficient (Wildman–Crippen LogP) is 3.78.